The highest BCUT2D eigenvalue weighted by molar-refractivity contribution is 5.82. The van der Waals surface area contributed by atoms with E-state index in [2.05, 4.69) is 69.2 Å². The topological polar surface area (TPSA) is 263 Å². The minimum atomic E-state index is -0.557. The predicted octanol–water partition coefficient (Wildman–Crippen LogP) is 21.7. The number of esters is 10. The molecular formula is C103H166O20. The van der Waals surface area contributed by atoms with Crippen LogP contribution < -0.4 is 0 Å². The quantitative estimate of drug-likeness (QED) is 0.0461. The van der Waals surface area contributed by atoms with Crippen LogP contribution in [0.4, 0.5) is 0 Å². The molecule has 0 aromatic heterocycles. The first-order valence-electron chi connectivity index (χ1n) is 49.6. The van der Waals surface area contributed by atoms with Crippen LogP contribution in [-0.2, 0) is 95.3 Å². The van der Waals surface area contributed by atoms with E-state index in [9.17, 15) is 47.9 Å². The van der Waals surface area contributed by atoms with Gasteiger partial charge in [-0.05, 0) is 369 Å². The molecule has 20 bridgehead atoms. The van der Waals surface area contributed by atoms with Crippen molar-refractivity contribution in [1.29, 1.82) is 0 Å². The Balaban J connectivity index is 0.000000150. The van der Waals surface area contributed by atoms with E-state index in [0.717, 1.165) is 100 Å². The first-order chi connectivity index (χ1) is 57.7. The molecule has 13 unspecified atom stereocenters. The van der Waals surface area contributed by atoms with Gasteiger partial charge in [-0.25, -0.2) is 24.0 Å². The largest absolute Gasteiger partial charge is 0.456 e. The molecule has 0 saturated heterocycles. The summed E-state index contributed by atoms with van der Waals surface area (Å²) in [5.74, 6) is 4.89. The van der Waals surface area contributed by atoms with Crippen molar-refractivity contribution in [2.75, 3.05) is 33.0 Å². The average Bonchev–Trinajstić information content (AvgIpc) is 0.748. The van der Waals surface area contributed by atoms with Crippen LogP contribution in [0.15, 0.2) is 0 Å². The van der Waals surface area contributed by atoms with Crippen molar-refractivity contribution in [3.63, 3.8) is 0 Å². The van der Waals surface area contributed by atoms with Crippen molar-refractivity contribution in [2.45, 2.75) is 411 Å². The molecule has 0 heterocycles. The van der Waals surface area contributed by atoms with Crippen molar-refractivity contribution < 1.29 is 95.3 Å². The van der Waals surface area contributed by atoms with Crippen LogP contribution in [0, 0.1) is 144 Å². The van der Waals surface area contributed by atoms with Crippen LogP contribution in [-0.4, -0.2) is 121 Å². The second-order valence-electron chi connectivity index (χ2n) is 46.7. The molecule has 20 rings (SSSR count). The highest BCUT2D eigenvalue weighted by Crippen LogP contribution is 2.71. The van der Waals surface area contributed by atoms with E-state index >= 15 is 0 Å². The lowest BCUT2D eigenvalue weighted by Gasteiger charge is -2.64. The molecule has 20 aliphatic carbocycles. The summed E-state index contributed by atoms with van der Waals surface area (Å²) in [4.78, 5) is 122. The Morgan fingerprint density at radius 2 is 0.488 bits per heavy atom. The Labute approximate surface area is 740 Å². The van der Waals surface area contributed by atoms with Crippen LogP contribution in [0.3, 0.4) is 0 Å². The second-order valence-corrected chi connectivity index (χ2v) is 46.7. The van der Waals surface area contributed by atoms with E-state index in [0.29, 0.717) is 99.1 Å². The molecule has 20 nitrogen and oxygen atoms in total. The van der Waals surface area contributed by atoms with E-state index in [4.69, 9.17) is 47.4 Å². The maximum absolute atomic E-state index is 12.6. The van der Waals surface area contributed by atoms with Gasteiger partial charge in [0.05, 0.1) is 28.6 Å². The summed E-state index contributed by atoms with van der Waals surface area (Å²) < 4.78 is 56.3. The normalized spacial score (nSPS) is 40.1. The Kier molecular flexibility index (Phi) is 30.7. The summed E-state index contributed by atoms with van der Waals surface area (Å²) in [6.07, 6.45) is 39.6. The van der Waals surface area contributed by atoms with Crippen molar-refractivity contribution in [3.05, 3.63) is 0 Å². The van der Waals surface area contributed by atoms with Gasteiger partial charge in [0.1, 0.15) is 28.0 Å². The number of carbonyl (C=O) groups excluding carboxylic acids is 10. The van der Waals surface area contributed by atoms with Crippen molar-refractivity contribution in [1.82, 2.24) is 0 Å². The summed E-state index contributed by atoms with van der Waals surface area (Å²) in [6.45, 7) is 44.1. The number of hydrogen-bond donors (Lipinski definition) is 0. The van der Waals surface area contributed by atoms with Crippen molar-refractivity contribution >= 4 is 59.7 Å². The Bertz CT molecular complexity index is 3670. The molecule has 0 aromatic rings. The molecule has 0 radical (unpaired) electrons. The maximum atomic E-state index is 12.6. The number of ether oxygens (including phenoxy) is 10. The molecule has 698 valence electrons. The van der Waals surface area contributed by atoms with Gasteiger partial charge in [0.15, 0.2) is 33.0 Å². The fourth-order valence-corrected chi connectivity index (χ4v) is 29.7. The first-order valence-corrected chi connectivity index (χ1v) is 49.6. The Hall–Kier alpha value is -5.30. The molecule has 20 saturated carbocycles. The number of carbonyl (C=O) groups is 10. The predicted molar refractivity (Wildman–Crippen MR) is 470 cm³/mol. The van der Waals surface area contributed by atoms with Gasteiger partial charge in [-0.3, -0.25) is 24.0 Å². The van der Waals surface area contributed by atoms with E-state index in [1.807, 2.05) is 83.1 Å². The third kappa shape index (κ3) is 21.1. The van der Waals surface area contributed by atoms with Gasteiger partial charge in [-0.1, -0.05) is 131 Å². The van der Waals surface area contributed by atoms with E-state index in [-0.39, 0.29) is 138 Å². The summed E-state index contributed by atoms with van der Waals surface area (Å²) in [5.41, 5.74) is -0.540. The zero-order valence-corrected chi connectivity index (χ0v) is 80.5. The Morgan fingerprint density at radius 3 is 0.699 bits per heavy atom. The van der Waals surface area contributed by atoms with Gasteiger partial charge < -0.3 is 47.4 Å². The third-order valence-corrected chi connectivity index (χ3v) is 36.1. The summed E-state index contributed by atoms with van der Waals surface area (Å²) >= 11 is 0. The zero-order chi connectivity index (χ0) is 90.2. The Morgan fingerprint density at radius 1 is 0.285 bits per heavy atom. The number of rotatable bonds is 31. The SMILES string of the molecule is CCC(C)(C)C(=O)OCC(=O)OC1(CC)C2CC3CC1CC(C)(C3)C2.CCC(C)C(=O)OCC(=O)OC1(C)C2CC3CC1CC(C)(C3)C2.CCC(C)C(=O)OCC(=O)OC1(CC)C2CC3CC1CC(C)(C3)C2.CCCC1(OC(=O)COC(=O)C(C)(C)CC)C2CC3CC1CC(C)(C3)C2.CCCC1(OC(=O)COC(=O)C(C)CC)C2CC3CC1CC(C)(C3)C2. The molecule has 0 N–H and O–H groups in total. The van der Waals surface area contributed by atoms with Crippen LogP contribution in [0.1, 0.15) is 383 Å². The summed E-state index contributed by atoms with van der Waals surface area (Å²) in [5, 5.41) is 0. The molecule has 13 atom stereocenters. The molecule has 0 aliphatic heterocycles. The highest BCUT2D eigenvalue weighted by atomic mass is 16.6. The first kappa shape index (κ1) is 98.3. The van der Waals surface area contributed by atoms with Crippen LogP contribution in [0.2, 0.25) is 0 Å². The molecule has 0 amide bonds. The molecule has 123 heavy (non-hydrogen) atoms. The number of hydrogen-bond acceptors (Lipinski definition) is 20. The summed E-state index contributed by atoms with van der Waals surface area (Å²) in [6, 6.07) is 0. The van der Waals surface area contributed by atoms with Gasteiger partial charge in [0.25, 0.3) is 0 Å². The lowest BCUT2D eigenvalue weighted by Crippen LogP contribution is -2.62. The minimum absolute atomic E-state index is 0.167. The molecule has 20 fully saturated rings. The fraction of sp³-hybridized carbons (Fsp3) is 0.903. The molecule has 20 aliphatic rings. The van der Waals surface area contributed by atoms with E-state index in [1.54, 1.807) is 0 Å². The lowest BCUT2D eigenvalue weighted by molar-refractivity contribution is -0.228. The van der Waals surface area contributed by atoms with Gasteiger partial charge >= 0.3 is 59.7 Å². The monoisotopic (exact) mass is 1720 g/mol. The molecule has 0 spiro atoms. The molecule has 0 aromatic carbocycles. The smallest absolute Gasteiger partial charge is 0.344 e. The fourth-order valence-electron chi connectivity index (χ4n) is 29.7. The van der Waals surface area contributed by atoms with Crippen LogP contribution in [0.5, 0.6) is 0 Å². The molecular weight excluding hydrogens is 1560 g/mol. The zero-order valence-electron chi connectivity index (χ0n) is 80.5. The van der Waals surface area contributed by atoms with E-state index in [1.165, 1.54) is 148 Å². The van der Waals surface area contributed by atoms with Crippen molar-refractivity contribution in [2.24, 2.45) is 144 Å². The van der Waals surface area contributed by atoms with E-state index < -0.39 is 10.8 Å². The van der Waals surface area contributed by atoms with Crippen LogP contribution in [0.25, 0.3) is 0 Å². The maximum Gasteiger partial charge on any atom is 0.344 e. The molecule has 20 heteroatoms. The minimum Gasteiger partial charge on any atom is -0.456 e. The van der Waals surface area contributed by atoms with Gasteiger partial charge in [-0.2, -0.15) is 0 Å². The lowest BCUT2D eigenvalue weighted by atomic mass is 9.44. The van der Waals surface area contributed by atoms with Crippen molar-refractivity contribution in [3.8, 4) is 0 Å². The van der Waals surface area contributed by atoms with Crippen LogP contribution >= 0.6 is 0 Å². The third-order valence-electron chi connectivity index (χ3n) is 36.1. The van der Waals surface area contributed by atoms with Gasteiger partial charge in [0.2, 0.25) is 0 Å². The summed E-state index contributed by atoms with van der Waals surface area (Å²) in [7, 11) is 0. The van der Waals surface area contributed by atoms with Gasteiger partial charge in [-0.15, -0.1) is 0 Å². The average molecular weight is 1720 g/mol. The second kappa shape index (κ2) is 38.4. The highest BCUT2D eigenvalue weighted by Gasteiger charge is 2.68. The van der Waals surface area contributed by atoms with Gasteiger partial charge in [0, 0.05) is 0 Å². The standard InChI is InChI=1S/C22H36O4.2C21H34O4.C20H32O4.C19H30O4/c1-6-8-22(26-18(23)14-25-19(24)20(3,4)7-2)16-9-15-10-17(22)13-21(5,11-15)12-16;1-6-19(3,4)18(23)24-13-17(22)25-21(7-2)15-8-14-9-16(21)12-20(5,10-14)11-15;1-5-7-21(25-18(22)13-24-19(23)14(3)6-2)16-8-15-9-17(21)12-20(4,10-15)11-16;1-5-13(3)18(22)23-12-17(21)24-20(6-2)15-7-14-8-16(20)11-19(4,9-14)10-15;1-5-12(2)17(21)22-11-16(20)23-19(4)14-6-13-7-15(19)10-18(3,8-13)9-14/h15-17H,6-14H2,1-5H3;14-16H,6-13H2,1-5H3;14-17H,5-13H2,1-4H3;13-16H,5-12H2,1-4H3;12-15H,5-11H2,1-4H3.